The van der Waals surface area contributed by atoms with E-state index in [1.165, 1.54) is 23.5 Å². The van der Waals surface area contributed by atoms with Crippen LogP contribution in [0.5, 0.6) is 0 Å². The lowest BCUT2D eigenvalue weighted by atomic mass is 9.89. The second kappa shape index (κ2) is 10.9. The summed E-state index contributed by atoms with van der Waals surface area (Å²) in [6.45, 7) is 3.94. The molecule has 1 aliphatic rings. The van der Waals surface area contributed by atoms with Gasteiger partial charge >= 0.3 is 0 Å². The van der Waals surface area contributed by atoms with Crippen molar-refractivity contribution < 1.29 is 22.8 Å². The first kappa shape index (κ1) is 27.1. The van der Waals surface area contributed by atoms with Gasteiger partial charge in [0.25, 0.3) is 0 Å². The number of hydrogen-bond acceptors (Lipinski definition) is 3. The lowest BCUT2D eigenvalue weighted by molar-refractivity contribution is -0.0145. The molecule has 3 aromatic carbocycles. The Hall–Kier alpha value is -3.51. The van der Waals surface area contributed by atoms with Gasteiger partial charge in [-0.25, -0.2) is 13.2 Å². The van der Waals surface area contributed by atoms with E-state index in [0.717, 1.165) is 50.1 Å². The molecule has 1 aliphatic carbocycles. The van der Waals surface area contributed by atoms with Crippen molar-refractivity contribution in [3.63, 3.8) is 0 Å². The Morgan fingerprint density at radius 3 is 2.18 bits per heavy atom. The second-order valence-electron chi connectivity index (χ2n) is 10.4. The van der Waals surface area contributed by atoms with Crippen LogP contribution in [0, 0.1) is 25.6 Å². The van der Waals surface area contributed by atoms with E-state index in [9.17, 15) is 22.8 Å². The Bertz CT molecular complexity index is 1520. The summed E-state index contributed by atoms with van der Waals surface area (Å²) < 4.78 is 41.3. The third-order valence-corrected chi connectivity index (χ3v) is 9.19. The lowest BCUT2D eigenvalue weighted by Gasteiger charge is -2.15. The number of hydrogen-bond donors (Lipinski definition) is 0. The van der Waals surface area contributed by atoms with Crippen LogP contribution in [0.25, 0.3) is 32.7 Å². The minimum Gasteiger partial charge on any atom is -0.297 e. The standard InChI is InChI=1S/C33H29F3O2S/c1-20-21(2)32(39-30(20)19-37)28-14-11-26(18-29(28)23-9-12-27(34)13-10-23)22-5-7-25(8-6-22)31(38)24-4-3-16-33(35,36)17-15-24/h5-14,18-19,24H,3-4,15-17H2,1-2H3. The molecule has 0 aliphatic heterocycles. The molecule has 0 spiro atoms. The van der Waals surface area contributed by atoms with Gasteiger partial charge in [0, 0.05) is 29.2 Å². The van der Waals surface area contributed by atoms with Crippen molar-refractivity contribution in [3.05, 3.63) is 94.1 Å². The number of ketones is 1. The molecule has 200 valence electrons. The molecule has 0 N–H and O–H groups in total. The van der Waals surface area contributed by atoms with Gasteiger partial charge in [0.15, 0.2) is 12.1 Å². The number of Topliss-reactive ketones (excluding diaryl/α,β-unsaturated/α-hetero) is 1. The molecule has 4 aromatic rings. The number of halogens is 3. The summed E-state index contributed by atoms with van der Waals surface area (Å²) in [6, 6.07) is 19.7. The molecular weight excluding hydrogens is 517 g/mol. The largest absolute Gasteiger partial charge is 0.297 e. The molecule has 1 heterocycles. The molecule has 1 unspecified atom stereocenters. The highest BCUT2D eigenvalue weighted by Crippen LogP contribution is 2.42. The normalized spacial score (nSPS) is 17.0. The van der Waals surface area contributed by atoms with Crippen LogP contribution in [0.3, 0.4) is 0 Å². The zero-order chi connectivity index (χ0) is 27.7. The summed E-state index contributed by atoms with van der Waals surface area (Å²) in [6.07, 6.45) is 1.56. The quantitative estimate of drug-likeness (QED) is 0.137. The number of alkyl halides is 2. The predicted octanol–water partition coefficient (Wildman–Crippen LogP) is 9.72. The van der Waals surface area contributed by atoms with Crippen LogP contribution in [-0.2, 0) is 0 Å². The summed E-state index contributed by atoms with van der Waals surface area (Å²) in [7, 11) is 0. The van der Waals surface area contributed by atoms with E-state index in [2.05, 4.69) is 0 Å². The molecule has 5 rings (SSSR count). The topological polar surface area (TPSA) is 34.1 Å². The maximum Gasteiger partial charge on any atom is 0.248 e. The Morgan fingerprint density at radius 1 is 0.846 bits per heavy atom. The average Bonchev–Trinajstić information content (AvgIpc) is 3.10. The fourth-order valence-electron chi connectivity index (χ4n) is 5.36. The van der Waals surface area contributed by atoms with E-state index in [-0.39, 0.29) is 36.8 Å². The molecule has 1 atom stereocenters. The van der Waals surface area contributed by atoms with Gasteiger partial charge in [-0.3, -0.25) is 9.59 Å². The highest BCUT2D eigenvalue weighted by atomic mass is 32.1. The summed E-state index contributed by atoms with van der Waals surface area (Å²) in [5.74, 6) is -3.44. The molecule has 0 amide bonds. The molecular formula is C33H29F3O2S. The van der Waals surface area contributed by atoms with Gasteiger partial charge in [-0.2, -0.15) is 0 Å². The van der Waals surface area contributed by atoms with Gasteiger partial charge < -0.3 is 0 Å². The van der Waals surface area contributed by atoms with Crippen LogP contribution in [0.1, 0.15) is 63.3 Å². The molecule has 0 saturated heterocycles. The Kier molecular flexibility index (Phi) is 7.59. The van der Waals surface area contributed by atoms with Crippen LogP contribution < -0.4 is 0 Å². The lowest BCUT2D eigenvalue weighted by Crippen LogP contribution is -2.16. The molecule has 6 heteroatoms. The number of rotatable bonds is 6. The fourth-order valence-corrected chi connectivity index (χ4v) is 6.53. The Balaban J connectivity index is 1.49. The van der Waals surface area contributed by atoms with E-state index in [1.807, 2.05) is 44.2 Å². The third kappa shape index (κ3) is 5.62. The second-order valence-corrected chi connectivity index (χ2v) is 11.4. The van der Waals surface area contributed by atoms with Crippen molar-refractivity contribution in [2.24, 2.45) is 5.92 Å². The molecule has 1 saturated carbocycles. The van der Waals surface area contributed by atoms with Gasteiger partial charge in [-0.15, -0.1) is 11.3 Å². The molecule has 2 nitrogen and oxygen atoms in total. The zero-order valence-corrected chi connectivity index (χ0v) is 22.7. The van der Waals surface area contributed by atoms with Gasteiger partial charge in [0.2, 0.25) is 5.92 Å². The van der Waals surface area contributed by atoms with Crippen molar-refractivity contribution in [2.45, 2.75) is 51.9 Å². The van der Waals surface area contributed by atoms with E-state index in [0.29, 0.717) is 23.3 Å². The van der Waals surface area contributed by atoms with E-state index >= 15 is 0 Å². The van der Waals surface area contributed by atoms with Crippen molar-refractivity contribution in [2.75, 3.05) is 0 Å². The number of aldehydes is 1. The molecule has 1 fully saturated rings. The van der Waals surface area contributed by atoms with E-state index in [4.69, 9.17) is 0 Å². The molecule has 0 bridgehead atoms. The predicted molar refractivity (Wildman–Crippen MR) is 151 cm³/mol. The zero-order valence-electron chi connectivity index (χ0n) is 21.9. The number of carbonyl (C=O) groups excluding carboxylic acids is 2. The van der Waals surface area contributed by atoms with Gasteiger partial charge in [-0.1, -0.05) is 48.5 Å². The first-order chi connectivity index (χ1) is 18.7. The first-order valence-corrected chi connectivity index (χ1v) is 14.0. The first-order valence-electron chi connectivity index (χ1n) is 13.1. The number of carbonyl (C=O) groups is 2. The third-order valence-electron chi connectivity index (χ3n) is 7.84. The maximum atomic E-state index is 13.8. The Morgan fingerprint density at radius 2 is 1.51 bits per heavy atom. The van der Waals surface area contributed by atoms with Crippen LogP contribution in [0.2, 0.25) is 0 Å². The molecule has 0 radical (unpaired) electrons. The fraction of sp³-hybridized carbons (Fsp3) is 0.273. The summed E-state index contributed by atoms with van der Waals surface area (Å²) in [5.41, 5.74) is 7.08. The van der Waals surface area contributed by atoms with E-state index in [1.54, 1.807) is 24.3 Å². The van der Waals surface area contributed by atoms with Crippen LogP contribution in [0.15, 0.2) is 66.7 Å². The van der Waals surface area contributed by atoms with Crippen molar-refractivity contribution in [3.8, 4) is 32.7 Å². The molecule has 1 aromatic heterocycles. The van der Waals surface area contributed by atoms with Crippen LogP contribution in [0.4, 0.5) is 13.2 Å². The SMILES string of the molecule is Cc1c(C=O)sc(-c2ccc(-c3ccc(C(=O)C4CCCC(F)(F)CC4)cc3)cc2-c2ccc(F)cc2)c1C. The minimum absolute atomic E-state index is 0.0730. The summed E-state index contributed by atoms with van der Waals surface area (Å²) in [5, 5.41) is 0. The van der Waals surface area contributed by atoms with Crippen molar-refractivity contribution >= 4 is 23.4 Å². The highest BCUT2D eigenvalue weighted by Gasteiger charge is 2.34. The van der Waals surface area contributed by atoms with Gasteiger partial charge in [0.05, 0.1) is 4.88 Å². The van der Waals surface area contributed by atoms with Crippen LogP contribution in [-0.4, -0.2) is 18.0 Å². The minimum atomic E-state index is -2.68. The van der Waals surface area contributed by atoms with Gasteiger partial charge in [-0.05, 0) is 90.3 Å². The van der Waals surface area contributed by atoms with Crippen molar-refractivity contribution in [1.29, 1.82) is 0 Å². The summed E-state index contributed by atoms with van der Waals surface area (Å²) in [4.78, 5) is 26.3. The van der Waals surface area contributed by atoms with Gasteiger partial charge in [0.1, 0.15) is 5.82 Å². The van der Waals surface area contributed by atoms with Crippen molar-refractivity contribution in [1.82, 2.24) is 0 Å². The smallest absolute Gasteiger partial charge is 0.248 e. The number of benzene rings is 3. The van der Waals surface area contributed by atoms with E-state index < -0.39 is 5.92 Å². The number of thiophene rings is 1. The molecule has 39 heavy (non-hydrogen) atoms. The van der Waals surface area contributed by atoms with Crippen LogP contribution >= 0.6 is 11.3 Å². The Labute approximate surface area is 230 Å². The monoisotopic (exact) mass is 546 g/mol. The highest BCUT2D eigenvalue weighted by molar-refractivity contribution is 7.17. The summed E-state index contributed by atoms with van der Waals surface area (Å²) >= 11 is 1.45. The average molecular weight is 547 g/mol. The maximum absolute atomic E-state index is 13.8.